The van der Waals surface area contributed by atoms with Crippen molar-refractivity contribution in [3.8, 4) is 16.8 Å². The summed E-state index contributed by atoms with van der Waals surface area (Å²) in [6, 6.07) is 19.3. The first-order valence-electron chi connectivity index (χ1n) is 6.56. The molecule has 0 spiro atoms. The molecule has 0 N–H and O–H groups in total. The molecule has 0 aliphatic rings. The number of aromatic nitrogens is 1. The summed E-state index contributed by atoms with van der Waals surface area (Å²) < 4.78 is 2.12. The Morgan fingerprint density at radius 2 is 1.26 bits per heavy atom. The fourth-order valence-electron chi connectivity index (χ4n) is 2.58. The molecular weight excluding hydrogens is 230 g/mol. The Labute approximate surface area is 114 Å². The maximum atomic E-state index is 2.20. The van der Waals surface area contributed by atoms with Crippen LogP contribution in [0.25, 0.3) is 16.8 Å². The maximum Gasteiger partial charge on any atom is 0.0449 e. The predicted octanol–water partition coefficient (Wildman–Crippen LogP) is 4.76. The van der Waals surface area contributed by atoms with E-state index in [4.69, 9.17) is 0 Å². The average molecular weight is 247 g/mol. The molecule has 1 heterocycles. The molecule has 3 aromatic rings. The molecule has 0 fully saturated rings. The summed E-state index contributed by atoms with van der Waals surface area (Å²) in [6.07, 6.45) is 4.13. The van der Waals surface area contributed by atoms with Gasteiger partial charge in [-0.3, -0.25) is 0 Å². The van der Waals surface area contributed by atoms with Gasteiger partial charge in [-0.05, 0) is 60.4 Å². The lowest BCUT2D eigenvalue weighted by atomic mass is 9.96. The first kappa shape index (κ1) is 11.8. The van der Waals surface area contributed by atoms with Gasteiger partial charge < -0.3 is 4.57 Å². The van der Waals surface area contributed by atoms with E-state index in [-0.39, 0.29) is 0 Å². The van der Waals surface area contributed by atoms with Crippen molar-refractivity contribution in [2.24, 2.45) is 0 Å². The van der Waals surface area contributed by atoms with E-state index < -0.39 is 0 Å². The van der Waals surface area contributed by atoms with Gasteiger partial charge in [0.2, 0.25) is 0 Å². The zero-order valence-corrected chi connectivity index (χ0v) is 11.3. The van der Waals surface area contributed by atoms with Gasteiger partial charge in [0.1, 0.15) is 0 Å². The highest BCUT2D eigenvalue weighted by Crippen LogP contribution is 2.27. The van der Waals surface area contributed by atoms with Crippen LogP contribution >= 0.6 is 0 Å². The molecule has 0 atom stereocenters. The van der Waals surface area contributed by atoms with E-state index in [9.17, 15) is 0 Å². The molecule has 0 saturated heterocycles. The summed E-state index contributed by atoms with van der Waals surface area (Å²) in [7, 11) is 0. The van der Waals surface area contributed by atoms with Gasteiger partial charge in [-0.25, -0.2) is 0 Å². The Kier molecular flexibility index (Phi) is 2.96. The third-order valence-electron chi connectivity index (χ3n) is 3.54. The number of aryl methyl sites for hydroxylation is 2. The lowest BCUT2D eigenvalue weighted by Crippen LogP contribution is -1.91. The van der Waals surface area contributed by atoms with Crippen LogP contribution < -0.4 is 0 Å². The summed E-state index contributed by atoms with van der Waals surface area (Å²) in [6.45, 7) is 4.34. The fraction of sp³-hybridized carbons (Fsp3) is 0.111. The van der Waals surface area contributed by atoms with Crippen molar-refractivity contribution in [1.29, 1.82) is 0 Å². The molecule has 2 aromatic carbocycles. The van der Waals surface area contributed by atoms with E-state index >= 15 is 0 Å². The van der Waals surface area contributed by atoms with E-state index in [1.54, 1.807) is 0 Å². The molecule has 19 heavy (non-hydrogen) atoms. The van der Waals surface area contributed by atoms with E-state index in [1.807, 2.05) is 12.1 Å². The van der Waals surface area contributed by atoms with Crippen molar-refractivity contribution in [2.75, 3.05) is 0 Å². The van der Waals surface area contributed by atoms with Crippen molar-refractivity contribution in [2.45, 2.75) is 13.8 Å². The number of benzene rings is 2. The van der Waals surface area contributed by atoms with Gasteiger partial charge in [-0.1, -0.05) is 30.3 Å². The number of hydrogen-bond donors (Lipinski definition) is 0. The Morgan fingerprint density at radius 3 is 1.84 bits per heavy atom. The zero-order valence-electron chi connectivity index (χ0n) is 11.3. The SMILES string of the molecule is Cc1cccc(C)c1-c1ccc(-n2cccc2)cc1. The first-order valence-corrected chi connectivity index (χ1v) is 6.56. The Morgan fingerprint density at radius 1 is 0.684 bits per heavy atom. The number of hydrogen-bond acceptors (Lipinski definition) is 0. The lowest BCUT2D eigenvalue weighted by molar-refractivity contribution is 1.08. The quantitative estimate of drug-likeness (QED) is 0.615. The van der Waals surface area contributed by atoms with Crippen LogP contribution in [0.1, 0.15) is 11.1 Å². The minimum Gasteiger partial charge on any atom is -0.324 e. The van der Waals surface area contributed by atoms with Crippen molar-refractivity contribution in [3.63, 3.8) is 0 Å². The maximum absolute atomic E-state index is 2.20. The third kappa shape index (κ3) is 2.19. The molecule has 1 aromatic heterocycles. The monoisotopic (exact) mass is 247 g/mol. The molecule has 0 saturated carbocycles. The minimum atomic E-state index is 1.19. The second kappa shape index (κ2) is 4.77. The minimum absolute atomic E-state index is 1.19. The van der Waals surface area contributed by atoms with Gasteiger partial charge >= 0.3 is 0 Å². The summed E-state index contributed by atoms with van der Waals surface area (Å²) in [5.41, 5.74) is 6.48. The van der Waals surface area contributed by atoms with Gasteiger partial charge in [0.25, 0.3) is 0 Å². The van der Waals surface area contributed by atoms with Gasteiger partial charge in [-0.15, -0.1) is 0 Å². The number of nitrogens with zero attached hydrogens (tertiary/aromatic N) is 1. The van der Waals surface area contributed by atoms with Crippen LogP contribution in [0.15, 0.2) is 67.0 Å². The first-order chi connectivity index (χ1) is 9.25. The molecule has 1 heteroatoms. The number of rotatable bonds is 2. The molecule has 0 radical (unpaired) electrons. The Bertz CT molecular complexity index is 656. The van der Waals surface area contributed by atoms with Crippen LogP contribution in [0, 0.1) is 13.8 Å². The summed E-state index contributed by atoms with van der Waals surface area (Å²) >= 11 is 0. The van der Waals surface area contributed by atoms with Crippen molar-refractivity contribution >= 4 is 0 Å². The van der Waals surface area contributed by atoms with Crippen LogP contribution in [0.5, 0.6) is 0 Å². The highest BCUT2D eigenvalue weighted by Gasteiger charge is 2.05. The molecule has 94 valence electrons. The summed E-state index contributed by atoms with van der Waals surface area (Å²) in [4.78, 5) is 0. The Hall–Kier alpha value is -2.28. The second-order valence-corrected chi connectivity index (χ2v) is 4.90. The normalized spacial score (nSPS) is 10.6. The highest BCUT2D eigenvalue weighted by atomic mass is 14.9. The molecule has 3 rings (SSSR count). The van der Waals surface area contributed by atoms with Gasteiger partial charge in [-0.2, -0.15) is 0 Å². The van der Waals surface area contributed by atoms with Crippen LogP contribution in [0.3, 0.4) is 0 Å². The van der Waals surface area contributed by atoms with Gasteiger partial charge in [0.15, 0.2) is 0 Å². The molecule has 0 aliphatic carbocycles. The van der Waals surface area contributed by atoms with Gasteiger partial charge in [0, 0.05) is 18.1 Å². The van der Waals surface area contributed by atoms with Crippen molar-refractivity contribution in [1.82, 2.24) is 4.57 Å². The van der Waals surface area contributed by atoms with E-state index in [2.05, 4.69) is 73.3 Å². The smallest absolute Gasteiger partial charge is 0.0449 e. The lowest BCUT2D eigenvalue weighted by Gasteiger charge is -2.11. The summed E-state index contributed by atoms with van der Waals surface area (Å²) in [5.74, 6) is 0. The second-order valence-electron chi connectivity index (χ2n) is 4.90. The molecule has 0 amide bonds. The standard InChI is InChI=1S/C18H17N/c1-14-6-5-7-15(2)18(14)16-8-10-17(11-9-16)19-12-3-4-13-19/h3-13H,1-2H3. The molecule has 1 nitrogen and oxygen atoms in total. The zero-order chi connectivity index (χ0) is 13.2. The predicted molar refractivity (Wildman–Crippen MR) is 80.7 cm³/mol. The topological polar surface area (TPSA) is 4.93 Å². The fourth-order valence-corrected chi connectivity index (χ4v) is 2.58. The highest BCUT2D eigenvalue weighted by molar-refractivity contribution is 5.71. The van der Waals surface area contributed by atoms with Crippen LogP contribution in [-0.2, 0) is 0 Å². The largest absolute Gasteiger partial charge is 0.324 e. The van der Waals surface area contributed by atoms with E-state index in [1.165, 1.54) is 27.9 Å². The third-order valence-corrected chi connectivity index (χ3v) is 3.54. The van der Waals surface area contributed by atoms with E-state index in [0.29, 0.717) is 0 Å². The van der Waals surface area contributed by atoms with Crippen molar-refractivity contribution in [3.05, 3.63) is 78.1 Å². The van der Waals surface area contributed by atoms with Crippen LogP contribution in [0.4, 0.5) is 0 Å². The van der Waals surface area contributed by atoms with Crippen LogP contribution in [0.2, 0.25) is 0 Å². The van der Waals surface area contributed by atoms with E-state index in [0.717, 1.165) is 0 Å². The molecule has 0 aliphatic heterocycles. The van der Waals surface area contributed by atoms with Crippen molar-refractivity contribution < 1.29 is 0 Å². The molecule has 0 bridgehead atoms. The Balaban J connectivity index is 2.04. The molecular formula is C18H17N. The van der Waals surface area contributed by atoms with Crippen LogP contribution in [-0.4, -0.2) is 4.57 Å². The summed E-state index contributed by atoms with van der Waals surface area (Å²) in [5, 5.41) is 0. The average Bonchev–Trinajstić information content (AvgIpc) is 2.93. The van der Waals surface area contributed by atoms with Gasteiger partial charge in [0.05, 0.1) is 0 Å². The molecule has 0 unspecified atom stereocenters.